The molecule has 0 spiro atoms. The SMILES string of the molecule is CCC(C)(C)C(=O)OCCOC(=O)c1c(I)c(I)cc(OCC(=O)O)c1I. The van der Waals surface area contributed by atoms with E-state index in [4.69, 9.17) is 19.3 Å². The normalized spacial score (nSPS) is 11.0. The Morgan fingerprint density at radius 3 is 2.22 bits per heavy atom. The summed E-state index contributed by atoms with van der Waals surface area (Å²) in [6.45, 7) is 4.85. The van der Waals surface area contributed by atoms with Crippen molar-refractivity contribution in [2.45, 2.75) is 27.2 Å². The molecule has 150 valence electrons. The molecule has 0 heterocycles. The lowest BCUT2D eigenvalue weighted by molar-refractivity contribution is -0.155. The van der Waals surface area contributed by atoms with Gasteiger partial charge in [0.05, 0.1) is 14.5 Å². The van der Waals surface area contributed by atoms with E-state index in [2.05, 4.69) is 0 Å². The number of halogens is 3. The second-order valence-corrected chi connectivity index (χ2v) is 9.37. The first-order valence-corrected chi connectivity index (χ1v) is 11.1. The van der Waals surface area contributed by atoms with Crippen LogP contribution >= 0.6 is 67.8 Å². The Morgan fingerprint density at radius 1 is 1.07 bits per heavy atom. The highest BCUT2D eigenvalue weighted by Gasteiger charge is 2.27. The number of ether oxygens (including phenoxy) is 3. The molecule has 27 heavy (non-hydrogen) atoms. The van der Waals surface area contributed by atoms with E-state index in [-0.39, 0.29) is 19.2 Å². The van der Waals surface area contributed by atoms with Crippen LogP contribution in [0.2, 0.25) is 0 Å². The van der Waals surface area contributed by atoms with Crippen molar-refractivity contribution in [3.63, 3.8) is 0 Å². The molecule has 1 aromatic rings. The third-order valence-corrected chi connectivity index (χ3v) is 7.74. The highest BCUT2D eigenvalue weighted by molar-refractivity contribution is 14.1. The maximum Gasteiger partial charge on any atom is 0.341 e. The van der Waals surface area contributed by atoms with E-state index in [1.807, 2.05) is 74.7 Å². The number of hydrogen-bond donors (Lipinski definition) is 1. The summed E-state index contributed by atoms with van der Waals surface area (Å²) in [6, 6.07) is 1.67. The van der Waals surface area contributed by atoms with Gasteiger partial charge in [-0.3, -0.25) is 4.79 Å². The van der Waals surface area contributed by atoms with Crippen molar-refractivity contribution in [1.82, 2.24) is 0 Å². The van der Waals surface area contributed by atoms with E-state index in [1.54, 1.807) is 19.9 Å². The van der Waals surface area contributed by atoms with Gasteiger partial charge in [-0.05, 0) is 94.1 Å². The number of hydrogen-bond acceptors (Lipinski definition) is 6. The Morgan fingerprint density at radius 2 is 1.67 bits per heavy atom. The highest BCUT2D eigenvalue weighted by Crippen LogP contribution is 2.33. The smallest absolute Gasteiger partial charge is 0.341 e. The number of carboxylic acids is 1. The minimum Gasteiger partial charge on any atom is -0.481 e. The fourth-order valence-corrected chi connectivity index (χ4v) is 4.20. The summed E-state index contributed by atoms with van der Waals surface area (Å²) in [5.74, 6) is -1.75. The van der Waals surface area contributed by atoms with Gasteiger partial charge in [0.1, 0.15) is 19.0 Å². The lowest BCUT2D eigenvalue weighted by Gasteiger charge is -2.20. The number of carboxylic acid groups (broad SMARTS) is 1. The van der Waals surface area contributed by atoms with Crippen LogP contribution in [0.1, 0.15) is 37.6 Å². The highest BCUT2D eigenvalue weighted by atomic mass is 127. The molecule has 0 bridgehead atoms. The van der Waals surface area contributed by atoms with Crippen molar-refractivity contribution in [2.75, 3.05) is 19.8 Å². The van der Waals surface area contributed by atoms with Crippen LogP contribution in [0.25, 0.3) is 0 Å². The number of esters is 2. The van der Waals surface area contributed by atoms with Crippen molar-refractivity contribution in [3.8, 4) is 5.75 Å². The molecule has 0 aliphatic rings. The quantitative estimate of drug-likeness (QED) is 0.178. The van der Waals surface area contributed by atoms with E-state index in [0.29, 0.717) is 24.9 Å². The van der Waals surface area contributed by atoms with Gasteiger partial charge in [0.15, 0.2) is 6.61 Å². The lowest BCUT2D eigenvalue weighted by atomic mass is 9.91. The largest absolute Gasteiger partial charge is 0.481 e. The molecule has 0 atom stereocenters. The molecule has 0 aliphatic carbocycles. The van der Waals surface area contributed by atoms with Crippen molar-refractivity contribution >= 4 is 85.7 Å². The third-order valence-electron chi connectivity index (χ3n) is 3.66. The Labute approximate surface area is 198 Å². The Kier molecular flexibility index (Phi) is 10.0. The molecule has 1 N–H and O–H groups in total. The zero-order valence-corrected chi connectivity index (χ0v) is 21.4. The van der Waals surface area contributed by atoms with Gasteiger partial charge in [-0.2, -0.15) is 0 Å². The minimum absolute atomic E-state index is 0.0343. The van der Waals surface area contributed by atoms with Gasteiger partial charge in [-0.15, -0.1) is 0 Å². The van der Waals surface area contributed by atoms with Crippen LogP contribution in [0, 0.1) is 16.1 Å². The summed E-state index contributed by atoms with van der Waals surface area (Å²) in [4.78, 5) is 35.1. The first-order chi connectivity index (χ1) is 12.5. The number of carbonyl (C=O) groups excluding carboxylic acids is 2. The maximum absolute atomic E-state index is 12.5. The van der Waals surface area contributed by atoms with E-state index < -0.39 is 24.0 Å². The third kappa shape index (κ3) is 7.18. The zero-order valence-electron chi connectivity index (χ0n) is 14.9. The molecule has 0 fully saturated rings. The molecule has 0 saturated carbocycles. The number of benzene rings is 1. The van der Waals surface area contributed by atoms with Crippen molar-refractivity contribution in [2.24, 2.45) is 5.41 Å². The van der Waals surface area contributed by atoms with E-state index in [9.17, 15) is 14.4 Å². The Bertz CT molecular complexity index is 732. The van der Waals surface area contributed by atoms with Gasteiger partial charge >= 0.3 is 17.9 Å². The van der Waals surface area contributed by atoms with Gasteiger partial charge < -0.3 is 19.3 Å². The van der Waals surface area contributed by atoms with Crippen molar-refractivity contribution in [1.29, 1.82) is 0 Å². The standard InChI is InChI=1S/C17H19I3O7/c1-4-17(2,3)16(24)26-6-5-25-15(23)12-13(19)9(18)7-10(14(12)20)27-8-11(21)22/h7H,4-6,8H2,1-3H3,(H,21,22). The summed E-state index contributed by atoms with van der Waals surface area (Å²) in [6.07, 6.45) is 0.642. The molecule has 0 radical (unpaired) electrons. The summed E-state index contributed by atoms with van der Waals surface area (Å²) < 4.78 is 17.5. The summed E-state index contributed by atoms with van der Waals surface area (Å²) in [5.41, 5.74) is -0.288. The molecule has 0 aromatic heterocycles. The predicted octanol–water partition coefficient (Wildman–Crippen LogP) is 4.10. The summed E-state index contributed by atoms with van der Waals surface area (Å²) >= 11 is 5.97. The number of rotatable bonds is 9. The van der Waals surface area contributed by atoms with Gasteiger partial charge in [0.25, 0.3) is 0 Å². The predicted molar refractivity (Wildman–Crippen MR) is 123 cm³/mol. The molecule has 10 heteroatoms. The van der Waals surface area contributed by atoms with Crippen LogP contribution in [0.5, 0.6) is 5.75 Å². The molecule has 0 amide bonds. The Hall–Kier alpha value is -0.380. The number of aliphatic carboxylic acids is 1. The van der Waals surface area contributed by atoms with Gasteiger partial charge in [-0.25, -0.2) is 9.59 Å². The molecule has 7 nitrogen and oxygen atoms in total. The van der Waals surface area contributed by atoms with Crippen LogP contribution in [-0.4, -0.2) is 42.8 Å². The molecular formula is C17H19I3O7. The number of carbonyl (C=O) groups is 3. The first kappa shape index (κ1) is 24.7. The van der Waals surface area contributed by atoms with Crippen LogP contribution in [0.4, 0.5) is 0 Å². The fraction of sp³-hybridized carbons (Fsp3) is 0.471. The minimum atomic E-state index is -1.11. The van der Waals surface area contributed by atoms with Crippen LogP contribution in [-0.2, 0) is 19.1 Å². The average molecular weight is 716 g/mol. The van der Waals surface area contributed by atoms with Crippen LogP contribution in [0.15, 0.2) is 6.07 Å². The summed E-state index contributed by atoms with van der Waals surface area (Å²) in [5, 5.41) is 8.77. The molecule has 0 aliphatic heterocycles. The molecule has 1 aromatic carbocycles. The fourth-order valence-electron chi connectivity index (χ4n) is 1.69. The molecule has 1 rings (SSSR count). The first-order valence-electron chi connectivity index (χ1n) is 7.87. The monoisotopic (exact) mass is 716 g/mol. The van der Waals surface area contributed by atoms with Gasteiger partial charge in [0, 0.05) is 7.14 Å². The van der Waals surface area contributed by atoms with E-state index in [1.165, 1.54) is 0 Å². The van der Waals surface area contributed by atoms with Crippen LogP contribution in [0.3, 0.4) is 0 Å². The lowest BCUT2D eigenvalue weighted by Crippen LogP contribution is -2.27. The van der Waals surface area contributed by atoms with Crippen LogP contribution < -0.4 is 4.74 Å². The van der Waals surface area contributed by atoms with E-state index >= 15 is 0 Å². The molecular weight excluding hydrogens is 697 g/mol. The molecule has 0 saturated heterocycles. The van der Waals surface area contributed by atoms with Crippen molar-refractivity contribution < 1.29 is 33.7 Å². The topological polar surface area (TPSA) is 99.1 Å². The van der Waals surface area contributed by atoms with Gasteiger partial charge in [0.2, 0.25) is 0 Å². The second-order valence-electron chi connectivity index (χ2n) is 6.05. The molecule has 0 unspecified atom stereocenters. The Balaban J connectivity index is 2.79. The summed E-state index contributed by atoms with van der Waals surface area (Å²) in [7, 11) is 0. The van der Waals surface area contributed by atoms with Crippen molar-refractivity contribution in [3.05, 3.63) is 22.3 Å². The zero-order chi connectivity index (χ0) is 20.8. The maximum atomic E-state index is 12.5. The van der Waals surface area contributed by atoms with Gasteiger partial charge in [-0.1, -0.05) is 6.92 Å². The second kappa shape index (κ2) is 11.0. The van der Waals surface area contributed by atoms with E-state index in [0.717, 1.165) is 3.57 Å². The average Bonchev–Trinajstić information content (AvgIpc) is 2.60.